The van der Waals surface area contributed by atoms with Crippen molar-refractivity contribution >= 4 is 17.5 Å². The van der Waals surface area contributed by atoms with E-state index < -0.39 is 5.54 Å². The summed E-state index contributed by atoms with van der Waals surface area (Å²) in [5.41, 5.74) is 0.113. The van der Waals surface area contributed by atoms with Crippen LogP contribution in [0.15, 0.2) is 12.4 Å². The van der Waals surface area contributed by atoms with Crippen LogP contribution in [0.2, 0.25) is 0 Å². The third-order valence-electron chi connectivity index (χ3n) is 4.31. The first kappa shape index (κ1) is 13.1. The van der Waals surface area contributed by atoms with Crippen LogP contribution in [-0.4, -0.2) is 33.7 Å². The number of amides is 2. The normalized spacial score (nSPS) is 22.1. The Morgan fingerprint density at radius 3 is 2.75 bits per heavy atom. The molecule has 0 atom stereocenters. The molecule has 2 fully saturated rings. The molecule has 1 saturated heterocycles. The van der Waals surface area contributed by atoms with Gasteiger partial charge in [-0.3, -0.25) is 14.3 Å². The first-order chi connectivity index (χ1) is 9.64. The van der Waals surface area contributed by atoms with Crippen molar-refractivity contribution in [1.29, 1.82) is 0 Å². The molecule has 6 heteroatoms. The molecule has 2 heterocycles. The van der Waals surface area contributed by atoms with E-state index in [1.807, 2.05) is 13.1 Å². The van der Waals surface area contributed by atoms with Crippen molar-refractivity contribution in [3.63, 3.8) is 0 Å². The summed E-state index contributed by atoms with van der Waals surface area (Å²) in [6, 6.07) is 0. The van der Waals surface area contributed by atoms with Gasteiger partial charge in [0, 0.05) is 25.7 Å². The van der Waals surface area contributed by atoms with E-state index in [0.29, 0.717) is 13.0 Å². The van der Waals surface area contributed by atoms with Crippen LogP contribution in [0.3, 0.4) is 0 Å². The minimum absolute atomic E-state index is 0.0226. The van der Waals surface area contributed by atoms with Gasteiger partial charge in [-0.25, -0.2) is 0 Å². The van der Waals surface area contributed by atoms with Crippen LogP contribution in [0.25, 0.3) is 0 Å². The highest BCUT2D eigenvalue weighted by Gasteiger charge is 2.46. The molecule has 3 rings (SSSR count). The average Bonchev–Trinajstić information content (AvgIpc) is 3.06. The molecule has 1 spiro atoms. The number of nitrogens with one attached hydrogen (secondary N) is 1. The molecule has 0 aromatic carbocycles. The summed E-state index contributed by atoms with van der Waals surface area (Å²) in [7, 11) is 0. The second-order valence-corrected chi connectivity index (χ2v) is 5.60. The Bertz CT molecular complexity index is 531. The van der Waals surface area contributed by atoms with Crippen LogP contribution in [0, 0.1) is 0 Å². The van der Waals surface area contributed by atoms with Gasteiger partial charge in [-0.15, -0.1) is 0 Å². The molecule has 2 aliphatic rings. The van der Waals surface area contributed by atoms with E-state index in [-0.39, 0.29) is 11.8 Å². The highest BCUT2D eigenvalue weighted by atomic mass is 16.2. The third-order valence-corrected chi connectivity index (χ3v) is 4.31. The molecule has 20 heavy (non-hydrogen) atoms. The fourth-order valence-electron chi connectivity index (χ4n) is 3.18. The maximum absolute atomic E-state index is 12.9. The second kappa shape index (κ2) is 4.92. The largest absolute Gasteiger partial charge is 0.342 e. The fraction of sp³-hybridized carbons (Fsp3) is 0.643. The third kappa shape index (κ3) is 2.09. The first-order valence-electron chi connectivity index (χ1n) is 7.30. The van der Waals surface area contributed by atoms with E-state index in [2.05, 4.69) is 10.4 Å². The number of anilines is 1. The Kier molecular flexibility index (Phi) is 3.23. The lowest BCUT2D eigenvalue weighted by molar-refractivity contribution is -0.129. The monoisotopic (exact) mass is 276 g/mol. The Morgan fingerprint density at radius 2 is 2.10 bits per heavy atom. The Labute approximate surface area is 118 Å². The minimum Gasteiger partial charge on any atom is -0.342 e. The van der Waals surface area contributed by atoms with E-state index in [9.17, 15) is 9.59 Å². The van der Waals surface area contributed by atoms with Crippen LogP contribution in [0.1, 0.15) is 39.0 Å². The van der Waals surface area contributed by atoms with Crippen LogP contribution < -0.4 is 10.2 Å². The van der Waals surface area contributed by atoms with E-state index in [1.165, 1.54) is 0 Å². The maximum Gasteiger partial charge on any atom is 0.252 e. The van der Waals surface area contributed by atoms with Crippen molar-refractivity contribution in [2.24, 2.45) is 0 Å². The molecule has 108 valence electrons. The SMILES string of the molecule is CCn1cc(N2CCC(=O)NC3(CCCC3)C2=O)cn1. The molecule has 1 saturated carbocycles. The van der Waals surface area contributed by atoms with E-state index in [0.717, 1.165) is 37.9 Å². The fourth-order valence-corrected chi connectivity index (χ4v) is 3.18. The number of rotatable bonds is 2. The molecule has 0 unspecified atom stereocenters. The zero-order chi connectivity index (χ0) is 14.2. The van der Waals surface area contributed by atoms with Gasteiger partial charge in [0.2, 0.25) is 5.91 Å². The Balaban J connectivity index is 1.93. The predicted octanol–water partition coefficient (Wildman–Crippen LogP) is 1.07. The van der Waals surface area contributed by atoms with Gasteiger partial charge in [0.05, 0.1) is 11.9 Å². The Hall–Kier alpha value is -1.85. The van der Waals surface area contributed by atoms with Crippen LogP contribution >= 0.6 is 0 Å². The summed E-state index contributed by atoms with van der Waals surface area (Å²) < 4.78 is 1.80. The number of hydrogen-bond acceptors (Lipinski definition) is 3. The van der Waals surface area contributed by atoms with Gasteiger partial charge in [-0.1, -0.05) is 12.8 Å². The van der Waals surface area contributed by atoms with Gasteiger partial charge in [0.15, 0.2) is 0 Å². The molecule has 1 aliphatic heterocycles. The molecule has 1 aromatic heterocycles. The summed E-state index contributed by atoms with van der Waals surface area (Å²) in [6.45, 7) is 3.21. The molecule has 1 aromatic rings. The van der Waals surface area contributed by atoms with Gasteiger partial charge < -0.3 is 10.2 Å². The topological polar surface area (TPSA) is 67.2 Å². The van der Waals surface area contributed by atoms with Gasteiger partial charge in [0.25, 0.3) is 5.91 Å². The molecule has 6 nitrogen and oxygen atoms in total. The summed E-state index contributed by atoms with van der Waals surface area (Å²) >= 11 is 0. The predicted molar refractivity (Wildman–Crippen MR) is 74.2 cm³/mol. The van der Waals surface area contributed by atoms with Gasteiger partial charge in [-0.05, 0) is 19.8 Å². The molecule has 1 aliphatic carbocycles. The lowest BCUT2D eigenvalue weighted by Crippen LogP contribution is -2.55. The van der Waals surface area contributed by atoms with Crippen LogP contribution in [0.5, 0.6) is 0 Å². The van der Waals surface area contributed by atoms with E-state index >= 15 is 0 Å². The van der Waals surface area contributed by atoms with Gasteiger partial charge in [0.1, 0.15) is 5.54 Å². The smallest absolute Gasteiger partial charge is 0.252 e. The number of carbonyl (C=O) groups is 2. The highest BCUT2D eigenvalue weighted by Crippen LogP contribution is 2.34. The molecule has 0 radical (unpaired) electrons. The molecular weight excluding hydrogens is 256 g/mol. The lowest BCUT2D eigenvalue weighted by atomic mass is 9.96. The molecule has 1 N–H and O–H groups in total. The molecule has 2 amide bonds. The van der Waals surface area contributed by atoms with Crippen molar-refractivity contribution in [3.8, 4) is 0 Å². The van der Waals surface area contributed by atoms with Gasteiger partial charge >= 0.3 is 0 Å². The van der Waals surface area contributed by atoms with Gasteiger partial charge in [-0.2, -0.15) is 5.10 Å². The Morgan fingerprint density at radius 1 is 1.35 bits per heavy atom. The van der Waals surface area contributed by atoms with Crippen molar-refractivity contribution < 1.29 is 9.59 Å². The second-order valence-electron chi connectivity index (χ2n) is 5.60. The quantitative estimate of drug-likeness (QED) is 0.878. The highest BCUT2D eigenvalue weighted by molar-refractivity contribution is 6.04. The molecule has 0 bridgehead atoms. The van der Waals surface area contributed by atoms with Crippen LogP contribution in [-0.2, 0) is 16.1 Å². The molecular formula is C14H20N4O2. The minimum atomic E-state index is -0.679. The van der Waals surface area contributed by atoms with E-state index in [1.54, 1.807) is 15.8 Å². The van der Waals surface area contributed by atoms with Crippen molar-refractivity contribution in [3.05, 3.63) is 12.4 Å². The van der Waals surface area contributed by atoms with Crippen molar-refractivity contribution in [2.45, 2.75) is 51.1 Å². The number of aryl methyl sites for hydroxylation is 1. The summed E-state index contributed by atoms with van der Waals surface area (Å²) in [5.74, 6) is 0.00198. The summed E-state index contributed by atoms with van der Waals surface area (Å²) in [5, 5.41) is 7.19. The zero-order valence-corrected chi connectivity index (χ0v) is 11.8. The average molecular weight is 276 g/mol. The number of nitrogens with zero attached hydrogens (tertiary/aromatic N) is 3. The summed E-state index contributed by atoms with van der Waals surface area (Å²) in [4.78, 5) is 26.5. The lowest BCUT2D eigenvalue weighted by Gasteiger charge is -2.31. The standard InChI is InChI=1S/C14H20N4O2/c1-2-17-10-11(9-15-17)18-8-5-12(19)16-14(13(18)20)6-3-4-7-14/h9-10H,2-8H2,1H3,(H,16,19). The van der Waals surface area contributed by atoms with Crippen molar-refractivity contribution in [1.82, 2.24) is 15.1 Å². The summed E-state index contributed by atoms with van der Waals surface area (Å²) in [6.07, 6.45) is 7.41. The number of carbonyl (C=O) groups excluding carboxylic acids is 2. The van der Waals surface area contributed by atoms with Crippen LogP contribution in [0.4, 0.5) is 5.69 Å². The first-order valence-corrected chi connectivity index (χ1v) is 7.30. The van der Waals surface area contributed by atoms with E-state index in [4.69, 9.17) is 0 Å². The zero-order valence-electron chi connectivity index (χ0n) is 11.8. The maximum atomic E-state index is 12.9. The number of aromatic nitrogens is 2. The number of hydrogen-bond donors (Lipinski definition) is 1. The van der Waals surface area contributed by atoms with Crippen molar-refractivity contribution in [2.75, 3.05) is 11.4 Å².